The van der Waals surface area contributed by atoms with Crippen LogP contribution in [0.25, 0.3) is 0 Å². The van der Waals surface area contributed by atoms with E-state index in [1.807, 2.05) is 18.7 Å². The van der Waals surface area contributed by atoms with Crippen LogP contribution in [-0.2, 0) is 4.79 Å². The third-order valence-electron chi connectivity index (χ3n) is 3.67. The van der Waals surface area contributed by atoms with E-state index in [-0.39, 0.29) is 18.6 Å². The number of carbonyl (C=O) groups excluding carboxylic acids is 1. The summed E-state index contributed by atoms with van der Waals surface area (Å²) >= 11 is 0. The van der Waals surface area contributed by atoms with Crippen molar-refractivity contribution in [2.45, 2.75) is 52.0 Å². The summed E-state index contributed by atoms with van der Waals surface area (Å²) in [6, 6.07) is -0.0764. The van der Waals surface area contributed by atoms with Crippen LogP contribution in [0.5, 0.6) is 0 Å². The molecule has 2 atom stereocenters. The Balaban J connectivity index is 2.15. The van der Waals surface area contributed by atoms with Crippen molar-refractivity contribution in [3.05, 3.63) is 0 Å². The number of aliphatic hydroxyl groups excluding tert-OH is 1. The lowest BCUT2D eigenvalue weighted by Crippen LogP contribution is -2.47. The number of amides is 1. The Hall–Kier alpha value is -0.610. The van der Waals surface area contributed by atoms with E-state index >= 15 is 0 Å². The molecular weight excluding hydrogens is 228 g/mol. The van der Waals surface area contributed by atoms with Crippen molar-refractivity contribution in [3.8, 4) is 0 Å². The number of aliphatic hydroxyl groups is 1. The highest BCUT2D eigenvalue weighted by atomic mass is 16.3. The molecule has 0 spiro atoms. The lowest BCUT2D eigenvalue weighted by Gasteiger charge is -2.29. The zero-order chi connectivity index (χ0) is 13.4. The van der Waals surface area contributed by atoms with E-state index in [0.717, 1.165) is 45.3 Å². The number of likely N-dealkylation sites (tertiary alicyclic amines) is 1. The van der Waals surface area contributed by atoms with Gasteiger partial charge in [-0.05, 0) is 51.5 Å². The van der Waals surface area contributed by atoms with Crippen LogP contribution in [0.15, 0.2) is 0 Å². The fraction of sp³-hybridized carbons (Fsp3) is 0.929. The summed E-state index contributed by atoms with van der Waals surface area (Å²) in [4.78, 5) is 14.1. The molecule has 1 heterocycles. The van der Waals surface area contributed by atoms with Crippen LogP contribution in [0.2, 0.25) is 0 Å². The maximum absolute atomic E-state index is 12.1. The second-order valence-corrected chi connectivity index (χ2v) is 5.49. The van der Waals surface area contributed by atoms with Crippen LogP contribution in [0.1, 0.15) is 46.0 Å². The van der Waals surface area contributed by atoms with Gasteiger partial charge in [-0.3, -0.25) is 4.79 Å². The first kappa shape index (κ1) is 15.4. The van der Waals surface area contributed by atoms with Gasteiger partial charge in [0, 0.05) is 19.7 Å². The van der Waals surface area contributed by atoms with Crippen LogP contribution < -0.4 is 5.32 Å². The molecule has 1 amide bonds. The molecule has 4 heteroatoms. The molecule has 1 saturated heterocycles. The third-order valence-corrected chi connectivity index (χ3v) is 3.67. The molecule has 106 valence electrons. The quantitative estimate of drug-likeness (QED) is 0.677. The topological polar surface area (TPSA) is 52.6 Å². The van der Waals surface area contributed by atoms with Crippen molar-refractivity contribution < 1.29 is 9.90 Å². The SMILES string of the molecule is CC(CO)CCCNC(C)C(=O)N1CCCCC1. The molecule has 0 radical (unpaired) electrons. The van der Waals surface area contributed by atoms with E-state index in [0.29, 0.717) is 5.92 Å². The molecule has 0 aromatic rings. The van der Waals surface area contributed by atoms with Gasteiger partial charge in [0.15, 0.2) is 0 Å². The lowest BCUT2D eigenvalue weighted by atomic mass is 10.1. The lowest BCUT2D eigenvalue weighted by molar-refractivity contribution is -0.133. The molecule has 0 aromatic carbocycles. The van der Waals surface area contributed by atoms with E-state index in [9.17, 15) is 4.79 Å². The molecule has 0 aliphatic carbocycles. The molecular formula is C14H28N2O2. The molecule has 1 rings (SSSR count). The molecule has 0 bridgehead atoms. The first-order valence-corrected chi connectivity index (χ1v) is 7.28. The molecule has 1 aliphatic heterocycles. The van der Waals surface area contributed by atoms with Crippen molar-refractivity contribution in [2.75, 3.05) is 26.2 Å². The van der Waals surface area contributed by atoms with Crippen molar-refractivity contribution in [1.29, 1.82) is 0 Å². The second-order valence-electron chi connectivity index (χ2n) is 5.49. The van der Waals surface area contributed by atoms with Gasteiger partial charge in [0.05, 0.1) is 6.04 Å². The minimum Gasteiger partial charge on any atom is -0.396 e. The summed E-state index contributed by atoms with van der Waals surface area (Å²) in [5.41, 5.74) is 0. The van der Waals surface area contributed by atoms with E-state index in [2.05, 4.69) is 5.32 Å². The van der Waals surface area contributed by atoms with Gasteiger partial charge in [-0.1, -0.05) is 6.92 Å². The first-order valence-electron chi connectivity index (χ1n) is 7.28. The molecule has 2 unspecified atom stereocenters. The van der Waals surface area contributed by atoms with Crippen molar-refractivity contribution >= 4 is 5.91 Å². The van der Waals surface area contributed by atoms with E-state index in [4.69, 9.17) is 5.11 Å². The Morgan fingerprint density at radius 1 is 1.28 bits per heavy atom. The summed E-state index contributed by atoms with van der Waals surface area (Å²) in [7, 11) is 0. The Labute approximate surface area is 111 Å². The normalized spacial score (nSPS) is 19.6. The van der Waals surface area contributed by atoms with Gasteiger partial charge in [0.2, 0.25) is 5.91 Å². The van der Waals surface area contributed by atoms with Crippen LogP contribution >= 0.6 is 0 Å². The highest BCUT2D eigenvalue weighted by molar-refractivity contribution is 5.81. The van der Waals surface area contributed by atoms with Gasteiger partial charge in [-0.2, -0.15) is 0 Å². The average molecular weight is 256 g/mol. The Morgan fingerprint density at radius 2 is 1.94 bits per heavy atom. The monoisotopic (exact) mass is 256 g/mol. The average Bonchev–Trinajstić information content (AvgIpc) is 2.43. The van der Waals surface area contributed by atoms with Gasteiger partial charge >= 0.3 is 0 Å². The predicted octanol–water partition coefficient (Wildman–Crippen LogP) is 1.39. The minimum absolute atomic E-state index is 0.0764. The number of carbonyl (C=O) groups is 1. The van der Waals surface area contributed by atoms with Crippen LogP contribution in [-0.4, -0.2) is 48.2 Å². The first-order chi connectivity index (χ1) is 8.65. The zero-order valence-electron chi connectivity index (χ0n) is 11.8. The van der Waals surface area contributed by atoms with E-state index in [1.165, 1.54) is 6.42 Å². The maximum Gasteiger partial charge on any atom is 0.239 e. The summed E-state index contributed by atoms with van der Waals surface area (Å²) in [5, 5.41) is 12.2. The molecule has 0 saturated carbocycles. The zero-order valence-corrected chi connectivity index (χ0v) is 11.8. The highest BCUT2D eigenvalue weighted by Gasteiger charge is 2.21. The number of nitrogens with zero attached hydrogens (tertiary/aromatic N) is 1. The summed E-state index contributed by atoms with van der Waals surface area (Å²) < 4.78 is 0. The Kier molecular flexibility index (Phi) is 7.28. The van der Waals surface area contributed by atoms with Gasteiger partial charge in [0.1, 0.15) is 0 Å². The molecule has 2 N–H and O–H groups in total. The van der Waals surface area contributed by atoms with Gasteiger partial charge in [-0.25, -0.2) is 0 Å². The van der Waals surface area contributed by atoms with Crippen molar-refractivity contribution in [1.82, 2.24) is 10.2 Å². The van der Waals surface area contributed by atoms with Gasteiger partial charge in [0.25, 0.3) is 0 Å². The maximum atomic E-state index is 12.1. The largest absolute Gasteiger partial charge is 0.396 e. The second kappa shape index (κ2) is 8.48. The summed E-state index contributed by atoms with van der Waals surface area (Å²) in [6.45, 7) is 6.95. The number of piperidine rings is 1. The van der Waals surface area contributed by atoms with E-state index in [1.54, 1.807) is 0 Å². The van der Waals surface area contributed by atoms with Crippen molar-refractivity contribution in [3.63, 3.8) is 0 Å². The third kappa shape index (κ3) is 5.36. The molecule has 4 nitrogen and oxygen atoms in total. The molecule has 1 fully saturated rings. The van der Waals surface area contributed by atoms with Crippen LogP contribution in [0, 0.1) is 5.92 Å². The fourth-order valence-electron chi connectivity index (χ4n) is 2.34. The van der Waals surface area contributed by atoms with Crippen LogP contribution in [0.3, 0.4) is 0 Å². The molecule has 1 aliphatic rings. The van der Waals surface area contributed by atoms with Crippen molar-refractivity contribution in [2.24, 2.45) is 5.92 Å². The predicted molar refractivity (Wildman–Crippen MR) is 73.4 cm³/mol. The number of rotatable bonds is 7. The smallest absolute Gasteiger partial charge is 0.239 e. The minimum atomic E-state index is -0.0764. The molecule has 18 heavy (non-hydrogen) atoms. The van der Waals surface area contributed by atoms with Gasteiger partial charge in [-0.15, -0.1) is 0 Å². The standard InChI is InChI=1S/C14H28N2O2/c1-12(11-17)7-6-8-15-13(2)14(18)16-9-4-3-5-10-16/h12-13,15,17H,3-11H2,1-2H3. The fourth-order valence-corrected chi connectivity index (χ4v) is 2.34. The highest BCUT2D eigenvalue weighted by Crippen LogP contribution is 2.10. The number of hydrogen-bond donors (Lipinski definition) is 2. The Bertz CT molecular complexity index is 240. The number of nitrogens with one attached hydrogen (secondary N) is 1. The Morgan fingerprint density at radius 3 is 2.56 bits per heavy atom. The van der Waals surface area contributed by atoms with Crippen LogP contribution in [0.4, 0.5) is 0 Å². The van der Waals surface area contributed by atoms with E-state index < -0.39 is 0 Å². The summed E-state index contributed by atoms with van der Waals surface area (Å²) in [5.74, 6) is 0.602. The van der Waals surface area contributed by atoms with Gasteiger partial charge < -0.3 is 15.3 Å². The summed E-state index contributed by atoms with van der Waals surface area (Å²) in [6.07, 6.45) is 5.57. The number of hydrogen-bond acceptors (Lipinski definition) is 3. The molecule has 0 aromatic heterocycles.